The molecule has 6 heteroatoms. The van der Waals surface area contributed by atoms with E-state index in [9.17, 15) is 14.9 Å². The number of hydrogen-bond donors (Lipinski definition) is 1. The Morgan fingerprint density at radius 2 is 1.84 bits per heavy atom. The fraction of sp³-hybridized carbons (Fsp3) is 0.105. The Hall–Kier alpha value is -3.17. The molecule has 0 saturated heterocycles. The molecule has 2 aliphatic rings. The molecule has 0 amide bonds. The number of nitrogens with zero attached hydrogens (tertiary/aromatic N) is 1. The molecular formula is C19H12N2O3S. The first-order valence-electron chi connectivity index (χ1n) is 7.58. The molecule has 2 aromatic rings. The SMILES string of the molecule is Cc1ccsc1[C@@H]1C(C#N)=C(N)OC2=C1C(=O)c1ccccc1C2=O. The molecule has 0 bridgehead atoms. The number of carbonyl (C=O) groups is 2. The summed E-state index contributed by atoms with van der Waals surface area (Å²) >= 11 is 1.42. The van der Waals surface area contributed by atoms with Crippen LogP contribution < -0.4 is 5.73 Å². The standard InChI is InChI=1S/C19H12N2O3S/c1-9-6-7-25-18(9)13-12(8-20)19(21)24-17-14(13)15(22)10-4-2-3-5-11(10)16(17)23/h2-7,13H,21H2,1H3/t13-/m1/s1. The lowest BCUT2D eigenvalue weighted by Crippen LogP contribution is -2.32. The summed E-state index contributed by atoms with van der Waals surface area (Å²) in [4.78, 5) is 26.8. The third-order valence-electron chi connectivity index (χ3n) is 4.45. The smallest absolute Gasteiger partial charge is 0.229 e. The molecule has 1 aromatic carbocycles. The quantitative estimate of drug-likeness (QED) is 0.854. The van der Waals surface area contributed by atoms with Crippen molar-refractivity contribution in [2.24, 2.45) is 5.73 Å². The van der Waals surface area contributed by atoms with Gasteiger partial charge in [0, 0.05) is 16.0 Å². The number of ether oxygens (including phenoxy) is 1. The van der Waals surface area contributed by atoms with Gasteiger partial charge in [-0.15, -0.1) is 11.3 Å². The highest BCUT2D eigenvalue weighted by Gasteiger charge is 2.44. The maximum absolute atomic E-state index is 13.1. The van der Waals surface area contributed by atoms with Gasteiger partial charge in [0.05, 0.1) is 11.5 Å². The van der Waals surface area contributed by atoms with Crippen LogP contribution in [-0.4, -0.2) is 11.6 Å². The first kappa shape index (κ1) is 15.4. The molecule has 1 atom stereocenters. The number of carbonyl (C=O) groups excluding carboxylic acids is 2. The fourth-order valence-electron chi connectivity index (χ4n) is 3.25. The van der Waals surface area contributed by atoms with E-state index in [-0.39, 0.29) is 34.4 Å². The molecular weight excluding hydrogens is 336 g/mol. The van der Waals surface area contributed by atoms with Crippen LogP contribution in [0.3, 0.4) is 0 Å². The molecule has 0 fully saturated rings. The minimum Gasteiger partial charge on any atom is -0.436 e. The number of aryl methyl sites for hydroxylation is 1. The van der Waals surface area contributed by atoms with E-state index in [1.165, 1.54) is 11.3 Å². The first-order valence-corrected chi connectivity index (χ1v) is 8.46. The Morgan fingerprint density at radius 3 is 2.44 bits per heavy atom. The van der Waals surface area contributed by atoms with Gasteiger partial charge in [-0.05, 0) is 23.9 Å². The summed E-state index contributed by atoms with van der Waals surface area (Å²) < 4.78 is 5.45. The predicted octanol–water partition coefficient (Wildman–Crippen LogP) is 3.20. The van der Waals surface area contributed by atoms with Gasteiger partial charge in [0.15, 0.2) is 11.5 Å². The maximum atomic E-state index is 13.1. The number of benzene rings is 1. The summed E-state index contributed by atoms with van der Waals surface area (Å²) in [6.45, 7) is 1.90. The van der Waals surface area contributed by atoms with Crippen molar-refractivity contribution >= 4 is 22.9 Å². The Morgan fingerprint density at radius 1 is 1.16 bits per heavy atom. The number of ketones is 2. The van der Waals surface area contributed by atoms with Crippen LogP contribution in [0.4, 0.5) is 0 Å². The Balaban J connectivity index is 2.00. The lowest BCUT2D eigenvalue weighted by Gasteiger charge is -2.30. The molecule has 0 saturated carbocycles. The number of thiophene rings is 1. The Bertz CT molecular complexity index is 1050. The van der Waals surface area contributed by atoms with Gasteiger partial charge in [0.1, 0.15) is 11.6 Å². The van der Waals surface area contributed by atoms with Gasteiger partial charge in [-0.2, -0.15) is 5.26 Å². The van der Waals surface area contributed by atoms with Crippen molar-refractivity contribution in [3.8, 4) is 6.07 Å². The second kappa shape index (κ2) is 5.43. The average Bonchev–Trinajstić information content (AvgIpc) is 3.04. The average molecular weight is 348 g/mol. The van der Waals surface area contributed by atoms with Crippen molar-refractivity contribution < 1.29 is 14.3 Å². The molecule has 0 unspecified atom stereocenters. The topological polar surface area (TPSA) is 93.2 Å². The lowest BCUT2D eigenvalue weighted by atomic mass is 9.77. The summed E-state index contributed by atoms with van der Waals surface area (Å²) in [5.41, 5.74) is 7.82. The molecule has 122 valence electrons. The molecule has 4 rings (SSSR count). The normalized spacial score (nSPS) is 19.3. The highest BCUT2D eigenvalue weighted by atomic mass is 32.1. The molecule has 0 radical (unpaired) electrons. The molecule has 5 nitrogen and oxygen atoms in total. The van der Waals surface area contributed by atoms with Crippen LogP contribution in [0.1, 0.15) is 37.1 Å². The molecule has 1 aliphatic heterocycles. The van der Waals surface area contributed by atoms with E-state index in [2.05, 4.69) is 6.07 Å². The molecule has 1 aromatic heterocycles. The van der Waals surface area contributed by atoms with Crippen molar-refractivity contribution in [2.45, 2.75) is 12.8 Å². The second-order valence-corrected chi connectivity index (χ2v) is 6.79. The van der Waals surface area contributed by atoms with Crippen LogP contribution >= 0.6 is 11.3 Å². The Kier molecular flexibility index (Phi) is 3.34. The number of nitrogens with two attached hydrogens (primary N) is 1. The van der Waals surface area contributed by atoms with Crippen molar-refractivity contribution in [3.63, 3.8) is 0 Å². The highest BCUT2D eigenvalue weighted by molar-refractivity contribution is 7.10. The largest absolute Gasteiger partial charge is 0.436 e. The van der Waals surface area contributed by atoms with E-state index >= 15 is 0 Å². The van der Waals surface area contributed by atoms with Crippen LogP contribution in [-0.2, 0) is 4.74 Å². The van der Waals surface area contributed by atoms with E-state index in [0.29, 0.717) is 11.1 Å². The minimum absolute atomic E-state index is 0.0713. The molecule has 25 heavy (non-hydrogen) atoms. The molecule has 1 aliphatic carbocycles. The monoisotopic (exact) mass is 348 g/mol. The first-order chi connectivity index (χ1) is 12.0. The van der Waals surface area contributed by atoms with Gasteiger partial charge in [0.25, 0.3) is 0 Å². The Labute approximate surface area is 147 Å². The predicted molar refractivity (Wildman–Crippen MR) is 91.8 cm³/mol. The number of rotatable bonds is 1. The van der Waals surface area contributed by atoms with E-state index in [0.717, 1.165) is 10.4 Å². The van der Waals surface area contributed by atoms with E-state index in [4.69, 9.17) is 10.5 Å². The van der Waals surface area contributed by atoms with E-state index in [1.807, 2.05) is 18.4 Å². The van der Waals surface area contributed by atoms with Crippen molar-refractivity contribution in [1.29, 1.82) is 5.26 Å². The summed E-state index contributed by atoms with van der Waals surface area (Å²) in [5.74, 6) is -1.57. The van der Waals surface area contributed by atoms with Crippen LogP contribution in [0.25, 0.3) is 0 Å². The fourth-order valence-corrected chi connectivity index (χ4v) is 4.29. The van der Waals surface area contributed by atoms with E-state index in [1.54, 1.807) is 24.3 Å². The second-order valence-electron chi connectivity index (χ2n) is 5.84. The summed E-state index contributed by atoms with van der Waals surface area (Å²) in [6, 6.07) is 10.6. The third kappa shape index (κ3) is 2.06. The zero-order valence-electron chi connectivity index (χ0n) is 13.2. The van der Waals surface area contributed by atoms with Crippen LogP contribution in [0.2, 0.25) is 0 Å². The van der Waals surface area contributed by atoms with Crippen molar-refractivity contribution in [3.05, 3.63) is 80.1 Å². The maximum Gasteiger partial charge on any atom is 0.229 e. The molecule has 2 heterocycles. The van der Waals surface area contributed by atoms with Crippen LogP contribution in [0, 0.1) is 18.3 Å². The van der Waals surface area contributed by atoms with Gasteiger partial charge in [-0.25, -0.2) is 0 Å². The van der Waals surface area contributed by atoms with Gasteiger partial charge in [0.2, 0.25) is 11.7 Å². The molecule has 2 N–H and O–H groups in total. The summed E-state index contributed by atoms with van der Waals surface area (Å²) in [5, 5.41) is 11.5. The highest BCUT2D eigenvalue weighted by Crippen LogP contribution is 2.46. The van der Waals surface area contributed by atoms with Gasteiger partial charge in [-0.1, -0.05) is 24.3 Å². The number of allylic oxidation sites excluding steroid dienone is 3. The number of fused-ring (bicyclic) bond motifs is 1. The lowest BCUT2D eigenvalue weighted by molar-refractivity contribution is 0.0897. The summed E-state index contributed by atoms with van der Waals surface area (Å²) in [6.07, 6.45) is 0. The van der Waals surface area contributed by atoms with Crippen molar-refractivity contribution in [1.82, 2.24) is 0 Å². The zero-order valence-corrected chi connectivity index (χ0v) is 14.0. The number of hydrogen-bond acceptors (Lipinski definition) is 6. The number of Topliss-reactive ketones (excluding diaryl/α,β-unsaturated/α-hetero) is 2. The minimum atomic E-state index is -0.682. The molecule has 0 spiro atoms. The summed E-state index contributed by atoms with van der Waals surface area (Å²) in [7, 11) is 0. The van der Waals surface area contributed by atoms with Crippen LogP contribution in [0.5, 0.6) is 0 Å². The van der Waals surface area contributed by atoms with Gasteiger partial charge >= 0.3 is 0 Å². The number of nitriles is 1. The van der Waals surface area contributed by atoms with Crippen molar-refractivity contribution in [2.75, 3.05) is 0 Å². The van der Waals surface area contributed by atoms with Gasteiger partial charge < -0.3 is 10.5 Å². The third-order valence-corrected chi connectivity index (χ3v) is 5.53. The zero-order chi connectivity index (χ0) is 17.7. The van der Waals surface area contributed by atoms with Gasteiger partial charge in [-0.3, -0.25) is 9.59 Å². The van der Waals surface area contributed by atoms with Crippen LogP contribution in [0.15, 0.2) is 58.5 Å². The van der Waals surface area contributed by atoms with E-state index < -0.39 is 5.92 Å².